The van der Waals surface area contributed by atoms with E-state index in [0.29, 0.717) is 18.9 Å². The normalized spacial score (nSPS) is 17.6. The first-order valence-electron chi connectivity index (χ1n) is 9.62. The Morgan fingerprint density at radius 1 is 0.852 bits per heavy atom. The third kappa shape index (κ3) is 4.36. The minimum atomic E-state index is -0.248. The van der Waals surface area contributed by atoms with Gasteiger partial charge in [0.05, 0.1) is 13.2 Å². The maximum Gasteiger partial charge on any atom is 0.276 e. The Labute approximate surface area is 159 Å². The zero-order valence-electron chi connectivity index (χ0n) is 15.4. The van der Waals surface area contributed by atoms with Crippen molar-refractivity contribution in [1.29, 1.82) is 0 Å². The maximum atomic E-state index is 12.4. The molecule has 7 nitrogen and oxygen atoms in total. The van der Waals surface area contributed by atoms with Gasteiger partial charge in [0.2, 0.25) is 0 Å². The number of carbonyl (C=O) groups excluding carboxylic acids is 1. The van der Waals surface area contributed by atoms with E-state index < -0.39 is 0 Å². The van der Waals surface area contributed by atoms with Crippen LogP contribution < -0.4 is 15.1 Å². The smallest absolute Gasteiger partial charge is 0.276 e. The van der Waals surface area contributed by atoms with Crippen LogP contribution in [0.1, 0.15) is 29.8 Å². The molecule has 27 heavy (non-hydrogen) atoms. The second kappa shape index (κ2) is 8.35. The highest BCUT2D eigenvalue weighted by Gasteiger charge is 2.15. The lowest BCUT2D eigenvalue weighted by molar-refractivity contribution is 0.102. The highest BCUT2D eigenvalue weighted by Crippen LogP contribution is 2.22. The Kier molecular flexibility index (Phi) is 5.48. The number of nitrogens with zero attached hydrogens (tertiary/aromatic N) is 4. The number of piperidine rings is 1. The second-order valence-corrected chi connectivity index (χ2v) is 6.92. The number of benzene rings is 1. The van der Waals surface area contributed by atoms with E-state index in [0.717, 1.165) is 37.7 Å². The van der Waals surface area contributed by atoms with Crippen molar-refractivity contribution in [2.75, 3.05) is 54.5 Å². The lowest BCUT2D eigenvalue weighted by atomic mass is 10.1. The fraction of sp³-hybridized carbons (Fsp3) is 0.450. The van der Waals surface area contributed by atoms with Crippen molar-refractivity contribution in [3.63, 3.8) is 0 Å². The molecule has 2 aromatic rings. The van der Waals surface area contributed by atoms with E-state index in [-0.39, 0.29) is 5.91 Å². The lowest BCUT2D eigenvalue weighted by Gasteiger charge is -2.28. The minimum Gasteiger partial charge on any atom is -0.378 e. The molecular weight excluding hydrogens is 342 g/mol. The van der Waals surface area contributed by atoms with Gasteiger partial charge in [-0.15, -0.1) is 10.2 Å². The van der Waals surface area contributed by atoms with Crippen molar-refractivity contribution in [2.24, 2.45) is 0 Å². The predicted molar refractivity (Wildman–Crippen MR) is 106 cm³/mol. The molecule has 1 aromatic heterocycles. The molecule has 1 aromatic carbocycles. The summed E-state index contributed by atoms with van der Waals surface area (Å²) in [6.45, 7) is 5.19. The van der Waals surface area contributed by atoms with Gasteiger partial charge in [-0.25, -0.2) is 0 Å². The molecular formula is C20H25N5O2. The highest BCUT2D eigenvalue weighted by molar-refractivity contribution is 6.02. The molecule has 7 heteroatoms. The topological polar surface area (TPSA) is 70.6 Å². The SMILES string of the molecule is O=C(Nc1ccc(N2CCCCC2)cc1)c1ccc(N2CCOCC2)nn1. The number of hydrogen-bond acceptors (Lipinski definition) is 6. The fourth-order valence-electron chi connectivity index (χ4n) is 3.51. The highest BCUT2D eigenvalue weighted by atomic mass is 16.5. The molecule has 1 amide bonds. The van der Waals surface area contributed by atoms with Crippen LogP contribution >= 0.6 is 0 Å². The van der Waals surface area contributed by atoms with E-state index in [9.17, 15) is 4.79 Å². The van der Waals surface area contributed by atoms with Gasteiger partial charge in [0.15, 0.2) is 11.5 Å². The van der Waals surface area contributed by atoms with E-state index in [1.165, 1.54) is 24.9 Å². The van der Waals surface area contributed by atoms with Crippen molar-refractivity contribution in [3.05, 3.63) is 42.1 Å². The maximum absolute atomic E-state index is 12.4. The number of hydrogen-bond donors (Lipinski definition) is 1. The first-order chi connectivity index (χ1) is 13.3. The van der Waals surface area contributed by atoms with Gasteiger partial charge in [-0.1, -0.05) is 0 Å². The number of morpholine rings is 1. The Morgan fingerprint density at radius 3 is 2.26 bits per heavy atom. The first kappa shape index (κ1) is 17.7. The Balaban J connectivity index is 1.36. The molecule has 0 spiro atoms. The van der Waals surface area contributed by atoms with E-state index in [1.54, 1.807) is 6.07 Å². The Morgan fingerprint density at radius 2 is 1.59 bits per heavy atom. The zero-order chi connectivity index (χ0) is 18.5. The summed E-state index contributed by atoms with van der Waals surface area (Å²) < 4.78 is 5.34. The van der Waals surface area contributed by atoms with Crippen LogP contribution in [-0.4, -0.2) is 55.5 Å². The lowest BCUT2D eigenvalue weighted by Crippen LogP contribution is -2.37. The number of anilines is 3. The molecule has 1 N–H and O–H groups in total. The zero-order valence-corrected chi connectivity index (χ0v) is 15.4. The predicted octanol–water partition coefficient (Wildman–Crippen LogP) is 2.56. The van der Waals surface area contributed by atoms with Crippen LogP contribution in [-0.2, 0) is 4.74 Å². The average molecular weight is 367 g/mol. The summed E-state index contributed by atoms with van der Waals surface area (Å²) in [7, 11) is 0. The van der Waals surface area contributed by atoms with Crippen molar-refractivity contribution in [1.82, 2.24) is 10.2 Å². The molecule has 2 fully saturated rings. The van der Waals surface area contributed by atoms with Crippen LogP contribution in [0.15, 0.2) is 36.4 Å². The van der Waals surface area contributed by atoms with Gasteiger partial charge in [-0.05, 0) is 55.7 Å². The van der Waals surface area contributed by atoms with Gasteiger partial charge in [0, 0.05) is 37.6 Å². The summed E-state index contributed by atoms with van der Waals surface area (Å²) in [6.07, 6.45) is 3.81. The monoisotopic (exact) mass is 367 g/mol. The molecule has 142 valence electrons. The van der Waals surface area contributed by atoms with E-state index in [4.69, 9.17) is 4.74 Å². The van der Waals surface area contributed by atoms with Crippen LogP contribution in [0, 0.1) is 0 Å². The van der Waals surface area contributed by atoms with Gasteiger partial charge in [-0.2, -0.15) is 0 Å². The van der Waals surface area contributed by atoms with Gasteiger partial charge in [-0.3, -0.25) is 4.79 Å². The molecule has 0 aliphatic carbocycles. The van der Waals surface area contributed by atoms with Crippen LogP contribution in [0.3, 0.4) is 0 Å². The van der Waals surface area contributed by atoms with Crippen LogP contribution in [0.4, 0.5) is 17.2 Å². The number of carbonyl (C=O) groups is 1. The van der Waals surface area contributed by atoms with Gasteiger partial charge < -0.3 is 19.9 Å². The standard InChI is InChI=1S/C20H25N5O2/c26-20(18-8-9-19(23-22-18)25-12-14-27-15-13-25)21-16-4-6-17(7-5-16)24-10-2-1-3-11-24/h4-9H,1-3,10-15H2,(H,21,26). The van der Waals surface area contributed by atoms with Crippen LogP contribution in [0.25, 0.3) is 0 Å². The second-order valence-electron chi connectivity index (χ2n) is 6.92. The summed E-state index contributed by atoms with van der Waals surface area (Å²) in [6, 6.07) is 11.6. The molecule has 2 aliphatic heterocycles. The summed E-state index contributed by atoms with van der Waals surface area (Å²) in [5.74, 6) is 0.530. The molecule has 2 saturated heterocycles. The van der Waals surface area contributed by atoms with E-state index >= 15 is 0 Å². The molecule has 2 aliphatic rings. The van der Waals surface area contributed by atoms with Crippen LogP contribution in [0.2, 0.25) is 0 Å². The molecule has 4 rings (SSSR count). The molecule has 3 heterocycles. The summed E-state index contributed by atoms with van der Waals surface area (Å²) >= 11 is 0. The Bertz CT molecular complexity index is 751. The summed E-state index contributed by atoms with van der Waals surface area (Å²) in [5.41, 5.74) is 2.29. The summed E-state index contributed by atoms with van der Waals surface area (Å²) in [4.78, 5) is 16.9. The van der Waals surface area contributed by atoms with E-state index in [2.05, 4.69) is 37.4 Å². The molecule has 0 saturated carbocycles. The van der Waals surface area contributed by atoms with Gasteiger partial charge in [0.1, 0.15) is 0 Å². The van der Waals surface area contributed by atoms with Crippen molar-refractivity contribution in [3.8, 4) is 0 Å². The molecule has 0 bridgehead atoms. The number of amides is 1. The number of rotatable bonds is 4. The van der Waals surface area contributed by atoms with Crippen molar-refractivity contribution in [2.45, 2.75) is 19.3 Å². The number of ether oxygens (including phenoxy) is 1. The number of aromatic nitrogens is 2. The van der Waals surface area contributed by atoms with Crippen LogP contribution in [0.5, 0.6) is 0 Å². The summed E-state index contributed by atoms with van der Waals surface area (Å²) in [5, 5.41) is 11.2. The minimum absolute atomic E-state index is 0.248. The van der Waals surface area contributed by atoms with Gasteiger partial charge in [0.25, 0.3) is 5.91 Å². The number of nitrogens with one attached hydrogen (secondary N) is 1. The quantitative estimate of drug-likeness (QED) is 0.896. The third-order valence-electron chi connectivity index (χ3n) is 5.06. The van der Waals surface area contributed by atoms with Crippen molar-refractivity contribution < 1.29 is 9.53 Å². The molecule has 0 atom stereocenters. The third-order valence-corrected chi connectivity index (χ3v) is 5.06. The molecule has 0 radical (unpaired) electrons. The first-order valence-corrected chi connectivity index (χ1v) is 9.62. The fourth-order valence-corrected chi connectivity index (χ4v) is 3.51. The Hall–Kier alpha value is -2.67. The largest absolute Gasteiger partial charge is 0.378 e. The van der Waals surface area contributed by atoms with Gasteiger partial charge >= 0.3 is 0 Å². The average Bonchev–Trinajstić information content (AvgIpc) is 2.76. The molecule has 0 unspecified atom stereocenters. The van der Waals surface area contributed by atoms with E-state index in [1.807, 2.05) is 18.2 Å². The van der Waals surface area contributed by atoms with Crippen molar-refractivity contribution >= 4 is 23.1 Å².